The van der Waals surface area contributed by atoms with Crippen LogP contribution in [0.2, 0.25) is 0 Å². The molecule has 1 aliphatic carbocycles. The molecule has 24 heavy (non-hydrogen) atoms. The Balaban J connectivity index is 1.67. The summed E-state index contributed by atoms with van der Waals surface area (Å²) in [5, 5.41) is 8.90. The first-order valence-corrected chi connectivity index (χ1v) is 9.42. The number of hydrogen-bond donors (Lipinski definition) is 2. The number of aliphatic hydroxyl groups excluding tert-OH is 1. The Morgan fingerprint density at radius 2 is 2.08 bits per heavy atom. The highest BCUT2D eigenvalue weighted by Crippen LogP contribution is 2.33. The third-order valence-electron chi connectivity index (χ3n) is 4.57. The van der Waals surface area contributed by atoms with E-state index in [1.807, 2.05) is 0 Å². The predicted molar refractivity (Wildman–Crippen MR) is 97.3 cm³/mol. The third-order valence-corrected chi connectivity index (χ3v) is 5.41. The fraction of sp³-hybridized carbons (Fsp3) is 0.444. The van der Waals surface area contributed by atoms with Crippen LogP contribution in [0.1, 0.15) is 24.1 Å². The van der Waals surface area contributed by atoms with Crippen LogP contribution in [0.25, 0.3) is 11.3 Å². The number of anilines is 1. The average Bonchev–Trinajstić information content (AvgIpc) is 3.01. The molecule has 0 unspecified atom stereocenters. The van der Waals surface area contributed by atoms with Gasteiger partial charge in [0.15, 0.2) is 0 Å². The molecule has 126 valence electrons. The second kappa shape index (κ2) is 7.09. The summed E-state index contributed by atoms with van der Waals surface area (Å²) in [7, 11) is 0. The summed E-state index contributed by atoms with van der Waals surface area (Å²) < 4.78 is 3.16. The number of benzene rings is 1. The van der Waals surface area contributed by atoms with E-state index in [1.54, 1.807) is 11.9 Å². The van der Waals surface area contributed by atoms with Gasteiger partial charge in [-0.15, -0.1) is 0 Å². The van der Waals surface area contributed by atoms with Crippen molar-refractivity contribution in [2.45, 2.75) is 30.6 Å². The van der Waals surface area contributed by atoms with E-state index >= 15 is 0 Å². The zero-order valence-corrected chi connectivity index (χ0v) is 14.5. The summed E-state index contributed by atoms with van der Waals surface area (Å²) in [4.78, 5) is 13.1. The molecule has 6 heteroatoms. The van der Waals surface area contributed by atoms with Crippen molar-refractivity contribution < 1.29 is 5.11 Å². The minimum atomic E-state index is 0.144. The van der Waals surface area contributed by atoms with Crippen molar-refractivity contribution in [3.8, 4) is 11.3 Å². The van der Waals surface area contributed by atoms with Crippen molar-refractivity contribution in [1.29, 1.82) is 0 Å². The van der Waals surface area contributed by atoms with E-state index in [0.717, 1.165) is 48.0 Å². The lowest BCUT2D eigenvalue weighted by molar-refractivity contribution is 0.302. The maximum absolute atomic E-state index is 8.90. The lowest BCUT2D eigenvalue weighted by Gasteiger charge is -2.31. The van der Waals surface area contributed by atoms with E-state index in [1.165, 1.54) is 24.1 Å². The molecule has 0 amide bonds. The molecule has 1 aliphatic heterocycles. The Morgan fingerprint density at radius 1 is 1.17 bits per heavy atom. The van der Waals surface area contributed by atoms with Crippen LogP contribution >= 0.6 is 11.9 Å². The SMILES string of the molecule is OCCNSc1cccc(-c2nc(N3CCC3)nc3c2CCC3)c1. The minimum Gasteiger partial charge on any atom is -0.395 e. The van der Waals surface area contributed by atoms with Gasteiger partial charge >= 0.3 is 0 Å². The van der Waals surface area contributed by atoms with Gasteiger partial charge in [0.2, 0.25) is 5.95 Å². The molecule has 1 aromatic heterocycles. The molecule has 0 atom stereocenters. The number of hydrogen-bond acceptors (Lipinski definition) is 6. The first-order chi connectivity index (χ1) is 11.8. The maximum Gasteiger partial charge on any atom is 0.226 e. The first kappa shape index (κ1) is 15.9. The standard InChI is InChI=1S/C18H22N4OS/c23-11-8-19-24-14-5-1-4-13(12-14)17-15-6-2-7-16(15)20-18(21-17)22-9-3-10-22/h1,4-5,12,19,23H,2-3,6-11H2. The molecule has 2 N–H and O–H groups in total. The summed E-state index contributed by atoms with van der Waals surface area (Å²) in [6.07, 6.45) is 4.55. The monoisotopic (exact) mass is 342 g/mol. The van der Waals surface area contributed by atoms with Gasteiger partial charge in [-0.05, 0) is 49.8 Å². The van der Waals surface area contributed by atoms with Crippen molar-refractivity contribution in [2.24, 2.45) is 0 Å². The quantitative estimate of drug-likeness (QED) is 0.621. The molecule has 2 heterocycles. The summed E-state index contributed by atoms with van der Waals surface area (Å²) in [5.41, 5.74) is 4.82. The molecule has 1 fully saturated rings. The number of nitrogens with one attached hydrogen (secondary N) is 1. The Hall–Kier alpha value is -1.63. The number of aryl methyl sites for hydroxylation is 1. The van der Waals surface area contributed by atoms with E-state index in [4.69, 9.17) is 15.1 Å². The fourth-order valence-electron chi connectivity index (χ4n) is 3.20. The largest absolute Gasteiger partial charge is 0.395 e. The second-order valence-corrected chi connectivity index (χ2v) is 7.20. The van der Waals surface area contributed by atoms with Crippen LogP contribution < -0.4 is 9.62 Å². The average molecular weight is 342 g/mol. The van der Waals surface area contributed by atoms with Crippen LogP contribution in [0.4, 0.5) is 5.95 Å². The van der Waals surface area contributed by atoms with Gasteiger partial charge in [-0.1, -0.05) is 12.1 Å². The predicted octanol–water partition coefficient (Wildman–Crippen LogP) is 2.43. The minimum absolute atomic E-state index is 0.144. The van der Waals surface area contributed by atoms with Crippen molar-refractivity contribution in [1.82, 2.24) is 14.7 Å². The molecule has 2 aliphatic rings. The maximum atomic E-state index is 8.90. The fourth-order valence-corrected chi connectivity index (χ4v) is 3.90. The third kappa shape index (κ3) is 3.14. The molecule has 2 aromatic rings. The van der Waals surface area contributed by atoms with Crippen molar-refractivity contribution >= 4 is 17.9 Å². The topological polar surface area (TPSA) is 61.3 Å². The van der Waals surface area contributed by atoms with Crippen molar-refractivity contribution in [3.05, 3.63) is 35.5 Å². The Kier molecular flexibility index (Phi) is 4.69. The van der Waals surface area contributed by atoms with Crippen molar-refractivity contribution in [3.63, 3.8) is 0 Å². The van der Waals surface area contributed by atoms with Crippen molar-refractivity contribution in [2.75, 3.05) is 31.1 Å². The smallest absolute Gasteiger partial charge is 0.226 e. The Bertz CT molecular complexity index is 733. The number of fused-ring (bicyclic) bond motifs is 1. The van der Waals surface area contributed by atoms with Gasteiger partial charge in [0.05, 0.1) is 12.3 Å². The van der Waals surface area contributed by atoms with E-state index in [2.05, 4.69) is 33.9 Å². The molecular formula is C18H22N4OS. The van der Waals surface area contributed by atoms with Crippen LogP contribution in [0.15, 0.2) is 29.2 Å². The van der Waals surface area contributed by atoms with Crippen LogP contribution in [0.5, 0.6) is 0 Å². The van der Waals surface area contributed by atoms with Gasteiger partial charge in [-0.25, -0.2) is 9.97 Å². The molecular weight excluding hydrogens is 320 g/mol. The normalized spacial score (nSPS) is 16.1. The molecule has 0 bridgehead atoms. The highest BCUT2D eigenvalue weighted by molar-refractivity contribution is 7.97. The van der Waals surface area contributed by atoms with Crippen LogP contribution in [-0.2, 0) is 12.8 Å². The Morgan fingerprint density at radius 3 is 2.88 bits per heavy atom. The van der Waals surface area contributed by atoms with Gasteiger partial charge in [0, 0.05) is 41.4 Å². The van der Waals surface area contributed by atoms with Crippen LogP contribution in [-0.4, -0.2) is 41.3 Å². The van der Waals surface area contributed by atoms with Gasteiger partial charge < -0.3 is 10.0 Å². The molecule has 0 radical (unpaired) electrons. The molecule has 1 saturated heterocycles. The van der Waals surface area contributed by atoms with E-state index in [9.17, 15) is 0 Å². The second-order valence-electron chi connectivity index (χ2n) is 6.24. The van der Waals surface area contributed by atoms with Crippen LogP contribution in [0, 0.1) is 0 Å². The number of aromatic nitrogens is 2. The van der Waals surface area contributed by atoms with Gasteiger partial charge in [-0.2, -0.15) is 0 Å². The zero-order chi connectivity index (χ0) is 16.4. The lowest BCUT2D eigenvalue weighted by Crippen LogP contribution is -2.38. The van der Waals surface area contributed by atoms with E-state index in [0.29, 0.717) is 6.54 Å². The summed E-state index contributed by atoms with van der Waals surface area (Å²) in [6, 6.07) is 8.47. The molecule has 4 rings (SSSR count). The summed E-state index contributed by atoms with van der Waals surface area (Å²) in [6.45, 7) is 2.86. The number of nitrogens with zero attached hydrogens (tertiary/aromatic N) is 3. The molecule has 0 spiro atoms. The number of aliphatic hydroxyl groups is 1. The molecule has 5 nitrogen and oxygen atoms in total. The van der Waals surface area contributed by atoms with Gasteiger partial charge in [0.1, 0.15) is 0 Å². The highest BCUT2D eigenvalue weighted by Gasteiger charge is 2.24. The molecule has 1 aromatic carbocycles. The Labute approximate surface area is 146 Å². The lowest BCUT2D eigenvalue weighted by atomic mass is 10.1. The first-order valence-electron chi connectivity index (χ1n) is 8.61. The van der Waals surface area contributed by atoms with E-state index in [-0.39, 0.29) is 6.61 Å². The number of rotatable bonds is 6. The van der Waals surface area contributed by atoms with Crippen LogP contribution in [0.3, 0.4) is 0 Å². The summed E-state index contributed by atoms with van der Waals surface area (Å²) in [5.74, 6) is 0.897. The van der Waals surface area contributed by atoms with E-state index < -0.39 is 0 Å². The van der Waals surface area contributed by atoms with Gasteiger partial charge in [0.25, 0.3) is 0 Å². The molecule has 0 saturated carbocycles. The summed E-state index contributed by atoms with van der Waals surface area (Å²) >= 11 is 1.55. The highest BCUT2D eigenvalue weighted by atomic mass is 32.2. The van der Waals surface area contributed by atoms with Gasteiger partial charge in [-0.3, -0.25) is 4.72 Å². The zero-order valence-electron chi connectivity index (χ0n) is 13.7.